The minimum atomic E-state index is -0.263. The van der Waals surface area contributed by atoms with Crippen LogP contribution in [0.3, 0.4) is 0 Å². The predicted molar refractivity (Wildman–Crippen MR) is 78.1 cm³/mol. The summed E-state index contributed by atoms with van der Waals surface area (Å²) < 4.78 is 13.4. The van der Waals surface area contributed by atoms with E-state index < -0.39 is 0 Å². The summed E-state index contributed by atoms with van der Waals surface area (Å²) in [6, 6.07) is 6.50. The van der Waals surface area contributed by atoms with Crippen molar-refractivity contribution in [1.82, 2.24) is 10.6 Å². The maximum atomic E-state index is 13.4. The number of nitrogens with one attached hydrogen (secondary N) is 2. The molecular weight excluding hydrogens is 271 g/mol. The molecule has 0 saturated heterocycles. The van der Waals surface area contributed by atoms with E-state index in [1.54, 1.807) is 18.2 Å². The van der Waals surface area contributed by atoms with E-state index in [0.717, 1.165) is 25.7 Å². The van der Waals surface area contributed by atoms with E-state index in [1.807, 2.05) is 0 Å². The fraction of sp³-hybridized carbons (Fsp3) is 0.500. The van der Waals surface area contributed by atoms with Crippen molar-refractivity contribution in [2.45, 2.75) is 32.1 Å². The van der Waals surface area contributed by atoms with Crippen molar-refractivity contribution < 1.29 is 14.0 Å². The van der Waals surface area contributed by atoms with Gasteiger partial charge in [-0.05, 0) is 30.9 Å². The molecule has 2 N–H and O–H groups in total. The molecule has 21 heavy (non-hydrogen) atoms. The Kier molecular flexibility index (Phi) is 5.72. The lowest BCUT2D eigenvalue weighted by atomic mass is 10.1. The van der Waals surface area contributed by atoms with Crippen LogP contribution in [0, 0.1) is 11.7 Å². The zero-order valence-corrected chi connectivity index (χ0v) is 12.0. The van der Waals surface area contributed by atoms with Gasteiger partial charge in [-0.3, -0.25) is 9.59 Å². The Morgan fingerprint density at radius 2 is 1.86 bits per heavy atom. The van der Waals surface area contributed by atoms with Crippen molar-refractivity contribution in [3.8, 4) is 0 Å². The minimum Gasteiger partial charge on any atom is -0.354 e. The monoisotopic (exact) mass is 292 g/mol. The molecule has 1 saturated carbocycles. The van der Waals surface area contributed by atoms with E-state index in [9.17, 15) is 14.0 Å². The van der Waals surface area contributed by atoms with Crippen LogP contribution in [0.2, 0.25) is 0 Å². The van der Waals surface area contributed by atoms with Gasteiger partial charge >= 0.3 is 0 Å². The van der Waals surface area contributed by atoms with Crippen LogP contribution in [-0.2, 0) is 16.0 Å². The molecule has 114 valence electrons. The van der Waals surface area contributed by atoms with Crippen molar-refractivity contribution in [2.24, 2.45) is 5.92 Å². The Morgan fingerprint density at radius 3 is 2.57 bits per heavy atom. The van der Waals surface area contributed by atoms with Crippen LogP contribution in [0.5, 0.6) is 0 Å². The standard InChI is InChI=1S/C16H21FN2O2/c17-14-8-4-3-5-12(14)9-10-18-15(20)11-19-16(21)13-6-1-2-7-13/h3-5,8,13H,1-2,6-7,9-11H2,(H,18,20)(H,19,21). The Balaban J connectivity index is 1.63. The lowest BCUT2D eigenvalue weighted by molar-refractivity contribution is -0.128. The predicted octanol–water partition coefficient (Wildman–Crippen LogP) is 1.79. The zero-order chi connectivity index (χ0) is 15.1. The van der Waals surface area contributed by atoms with Crippen molar-refractivity contribution >= 4 is 11.8 Å². The Labute approximate surface area is 124 Å². The number of amides is 2. The SMILES string of the molecule is O=C(CNC(=O)C1CCCC1)NCCc1ccccc1F. The highest BCUT2D eigenvalue weighted by atomic mass is 19.1. The number of benzene rings is 1. The first-order valence-corrected chi connectivity index (χ1v) is 7.44. The highest BCUT2D eigenvalue weighted by Gasteiger charge is 2.22. The summed E-state index contributed by atoms with van der Waals surface area (Å²) in [6.45, 7) is 0.353. The number of carbonyl (C=O) groups is 2. The van der Waals surface area contributed by atoms with Gasteiger partial charge in [0.2, 0.25) is 11.8 Å². The molecular formula is C16H21FN2O2. The second-order valence-corrected chi connectivity index (χ2v) is 5.39. The van der Waals surface area contributed by atoms with Crippen LogP contribution in [0.1, 0.15) is 31.2 Å². The molecule has 0 atom stereocenters. The third-order valence-corrected chi connectivity index (χ3v) is 3.82. The van der Waals surface area contributed by atoms with E-state index >= 15 is 0 Å². The molecule has 4 nitrogen and oxygen atoms in total. The molecule has 1 fully saturated rings. The summed E-state index contributed by atoms with van der Waals surface area (Å²) in [6.07, 6.45) is 4.45. The van der Waals surface area contributed by atoms with Crippen LogP contribution in [0.25, 0.3) is 0 Å². The first kappa shape index (κ1) is 15.5. The summed E-state index contributed by atoms with van der Waals surface area (Å²) in [5.74, 6) is -0.466. The zero-order valence-electron chi connectivity index (χ0n) is 12.0. The molecule has 0 heterocycles. The normalized spacial score (nSPS) is 14.9. The van der Waals surface area contributed by atoms with Gasteiger partial charge in [0.25, 0.3) is 0 Å². The Morgan fingerprint density at radius 1 is 1.14 bits per heavy atom. The highest BCUT2D eigenvalue weighted by Crippen LogP contribution is 2.24. The third-order valence-electron chi connectivity index (χ3n) is 3.82. The van der Waals surface area contributed by atoms with Gasteiger partial charge < -0.3 is 10.6 Å². The molecule has 0 bridgehead atoms. The van der Waals surface area contributed by atoms with E-state index in [-0.39, 0.29) is 30.1 Å². The fourth-order valence-electron chi connectivity index (χ4n) is 2.60. The minimum absolute atomic E-state index is 0.00734. The van der Waals surface area contributed by atoms with E-state index in [1.165, 1.54) is 6.07 Å². The van der Waals surface area contributed by atoms with Gasteiger partial charge in [-0.1, -0.05) is 31.0 Å². The Hall–Kier alpha value is -1.91. The van der Waals surface area contributed by atoms with Gasteiger partial charge in [-0.2, -0.15) is 0 Å². The van der Waals surface area contributed by atoms with Crippen molar-refractivity contribution in [2.75, 3.05) is 13.1 Å². The maximum Gasteiger partial charge on any atom is 0.239 e. The molecule has 1 aliphatic rings. The number of carbonyl (C=O) groups excluding carboxylic acids is 2. The summed E-state index contributed by atoms with van der Waals surface area (Å²) in [5, 5.41) is 5.34. The average molecular weight is 292 g/mol. The first-order chi connectivity index (χ1) is 10.2. The van der Waals surface area contributed by atoms with Gasteiger partial charge in [0, 0.05) is 12.5 Å². The topological polar surface area (TPSA) is 58.2 Å². The van der Waals surface area contributed by atoms with Gasteiger partial charge in [0.05, 0.1) is 6.54 Å². The smallest absolute Gasteiger partial charge is 0.239 e. The molecule has 1 aliphatic carbocycles. The van der Waals surface area contributed by atoms with Crippen LogP contribution >= 0.6 is 0 Å². The molecule has 2 rings (SSSR count). The van der Waals surface area contributed by atoms with Crippen molar-refractivity contribution in [1.29, 1.82) is 0 Å². The molecule has 0 spiro atoms. The largest absolute Gasteiger partial charge is 0.354 e. The maximum absolute atomic E-state index is 13.4. The number of rotatable bonds is 6. The van der Waals surface area contributed by atoms with Gasteiger partial charge in [-0.15, -0.1) is 0 Å². The molecule has 0 aromatic heterocycles. The first-order valence-electron chi connectivity index (χ1n) is 7.44. The van der Waals surface area contributed by atoms with Crippen LogP contribution in [-0.4, -0.2) is 24.9 Å². The van der Waals surface area contributed by atoms with E-state index in [2.05, 4.69) is 10.6 Å². The molecule has 0 radical (unpaired) electrons. The van der Waals surface area contributed by atoms with Crippen molar-refractivity contribution in [3.63, 3.8) is 0 Å². The molecule has 5 heteroatoms. The van der Waals surface area contributed by atoms with E-state index in [0.29, 0.717) is 18.5 Å². The van der Waals surface area contributed by atoms with Crippen LogP contribution < -0.4 is 10.6 Å². The summed E-state index contributed by atoms with van der Waals surface area (Å²) in [4.78, 5) is 23.4. The number of halogens is 1. The number of hydrogen-bond acceptors (Lipinski definition) is 2. The Bertz CT molecular complexity index is 499. The molecule has 2 amide bonds. The summed E-state index contributed by atoms with van der Waals surface area (Å²) in [7, 11) is 0. The number of hydrogen-bond donors (Lipinski definition) is 2. The molecule has 1 aromatic carbocycles. The summed E-state index contributed by atoms with van der Waals surface area (Å²) >= 11 is 0. The second kappa shape index (κ2) is 7.76. The lowest BCUT2D eigenvalue weighted by Gasteiger charge is -2.10. The van der Waals surface area contributed by atoms with Crippen LogP contribution in [0.4, 0.5) is 4.39 Å². The third kappa shape index (κ3) is 4.85. The quantitative estimate of drug-likeness (QED) is 0.840. The van der Waals surface area contributed by atoms with Gasteiger partial charge in [0.1, 0.15) is 5.82 Å². The molecule has 0 unspecified atom stereocenters. The molecule has 1 aromatic rings. The molecule has 0 aliphatic heterocycles. The fourth-order valence-corrected chi connectivity index (χ4v) is 2.60. The van der Waals surface area contributed by atoms with Gasteiger partial charge in [0.15, 0.2) is 0 Å². The highest BCUT2D eigenvalue weighted by molar-refractivity contribution is 5.85. The lowest BCUT2D eigenvalue weighted by Crippen LogP contribution is -2.39. The van der Waals surface area contributed by atoms with Gasteiger partial charge in [-0.25, -0.2) is 4.39 Å². The van der Waals surface area contributed by atoms with Crippen LogP contribution in [0.15, 0.2) is 24.3 Å². The van der Waals surface area contributed by atoms with Crippen molar-refractivity contribution in [3.05, 3.63) is 35.6 Å². The average Bonchev–Trinajstić information content (AvgIpc) is 3.01. The van der Waals surface area contributed by atoms with E-state index in [4.69, 9.17) is 0 Å². The summed E-state index contributed by atoms with van der Waals surface area (Å²) in [5.41, 5.74) is 0.577. The second-order valence-electron chi connectivity index (χ2n) is 5.39.